The summed E-state index contributed by atoms with van der Waals surface area (Å²) in [7, 11) is 1.57. The van der Waals surface area contributed by atoms with E-state index in [0.717, 1.165) is 5.56 Å². The Balaban J connectivity index is 1.95. The van der Waals surface area contributed by atoms with Gasteiger partial charge in [-0.15, -0.1) is 0 Å². The second-order valence-corrected chi connectivity index (χ2v) is 5.02. The lowest BCUT2D eigenvalue weighted by molar-refractivity contribution is -0.116. The highest BCUT2D eigenvalue weighted by molar-refractivity contribution is 5.91. The first-order valence-electron chi connectivity index (χ1n) is 7.63. The number of rotatable bonds is 7. The van der Waals surface area contributed by atoms with Gasteiger partial charge in [0.15, 0.2) is 11.5 Å². The Morgan fingerprint density at radius 3 is 2.75 bits per heavy atom. The lowest BCUT2D eigenvalue weighted by Crippen LogP contribution is -2.20. The van der Waals surface area contributed by atoms with Crippen molar-refractivity contribution in [3.8, 4) is 11.5 Å². The van der Waals surface area contributed by atoms with Gasteiger partial charge in [-0.05, 0) is 48.4 Å². The highest BCUT2D eigenvalue weighted by atomic mass is 19.1. The summed E-state index contributed by atoms with van der Waals surface area (Å²) in [5.41, 5.74) is 1.52. The Morgan fingerprint density at radius 2 is 2.04 bits per heavy atom. The summed E-state index contributed by atoms with van der Waals surface area (Å²) >= 11 is 0. The topological polar surface area (TPSA) is 47.6 Å². The van der Waals surface area contributed by atoms with Crippen LogP contribution in [-0.2, 0) is 11.3 Å². The molecular formula is C19H20FNO3. The zero-order valence-corrected chi connectivity index (χ0v) is 13.7. The van der Waals surface area contributed by atoms with Gasteiger partial charge in [-0.25, -0.2) is 4.39 Å². The summed E-state index contributed by atoms with van der Waals surface area (Å²) in [6.45, 7) is 2.72. The highest BCUT2D eigenvalue weighted by Gasteiger charge is 2.04. The number of methoxy groups -OCH3 is 1. The predicted molar refractivity (Wildman–Crippen MR) is 91.4 cm³/mol. The van der Waals surface area contributed by atoms with Crippen molar-refractivity contribution in [1.29, 1.82) is 0 Å². The van der Waals surface area contributed by atoms with Gasteiger partial charge in [-0.2, -0.15) is 0 Å². The number of amides is 1. The molecule has 0 atom stereocenters. The smallest absolute Gasteiger partial charge is 0.244 e. The summed E-state index contributed by atoms with van der Waals surface area (Å²) in [5.74, 6) is 0.692. The molecule has 5 heteroatoms. The van der Waals surface area contributed by atoms with E-state index in [1.54, 1.807) is 37.5 Å². The second kappa shape index (κ2) is 8.72. The average Bonchev–Trinajstić information content (AvgIpc) is 2.59. The fraction of sp³-hybridized carbons (Fsp3) is 0.211. The predicted octanol–water partition coefficient (Wildman–Crippen LogP) is 3.56. The largest absolute Gasteiger partial charge is 0.493 e. The average molecular weight is 329 g/mol. The number of benzene rings is 2. The first kappa shape index (κ1) is 17.5. The number of ether oxygens (including phenoxy) is 2. The number of nitrogens with one attached hydrogen (secondary N) is 1. The zero-order valence-electron chi connectivity index (χ0n) is 13.7. The molecule has 0 radical (unpaired) electrons. The van der Waals surface area contributed by atoms with E-state index in [9.17, 15) is 9.18 Å². The van der Waals surface area contributed by atoms with E-state index in [2.05, 4.69) is 5.32 Å². The van der Waals surface area contributed by atoms with Crippen molar-refractivity contribution >= 4 is 12.0 Å². The van der Waals surface area contributed by atoms with Crippen molar-refractivity contribution < 1.29 is 18.7 Å². The summed E-state index contributed by atoms with van der Waals surface area (Å²) < 4.78 is 23.8. The quantitative estimate of drug-likeness (QED) is 0.790. The van der Waals surface area contributed by atoms with Crippen LogP contribution in [0.4, 0.5) is 4.39 Å². The minimum absolute atomic E-state index is 0.257. The highest BCUT2D eigenvalue weighted by Crippen LogP contribution is 2.28. The zero-order chi connectivity index (χ0) is 17.4. The molecule has 24 heavy (non-hydrogen) atoms. The molecule has 0 heterocycles. The lowest BCUT2D eigenvalue weighted by atomic mass is 10.2. The molecule has 2 rings (SSSR count). The molecule has 2 aromatic rings. The third-order valence-corrected chi connectivity index (χ3v) is 3.27. The second-order valence-electron chi connectivity index (χ2n) is 5.02. The molecule has 0 saturated heterocycles. The third-order valence-electron chi connectivity index (χ3n) is 3.27. The van der Waals surface area contributed by atoms with Crippen LogP contribution < -0.4 is 14.8 Å². The minimum atomic E-state index is -0.321. The van der Waals surface area contributed by atoms with Crippen molar-refractivity contribution in [1.82, 2.24) is 5.32 Å². The number of hydrogen-bond donors (Lipinski definition) is 1. The van der Waals surface area contributed by atoms with Crippen molar-refractivity contribution in [2.24, 2.45) is 0 Å². The van der Waals surface area contributed by atoms with Crippen LogP contribution in [0.5, 0.6) is 11.5 Å². The van der Waals surface area contributed by atoms with Gasteiger partial charge in [0, 0.05) is 12.6 Å². The summed E-state index contributed by atoms with van der Waals surface area (Å²) in [4.78, 5) is 11.9. The van der Waals surface area contributed by atoms with E-state index in [4.69, 9.17) is 9.47 Å². The maximum atomic E-state index is 13.1. The normalized spacial score (nSPS) is 10.6. The first-order valence-corrected chi connectivity index (χ1v) is 7.63. The van der Waals surface area contributed by atoms with Crippen LogP contribution >= 0.6 is 0 Å². The van der Waals surface area contributed by atoms with E-state index in [-0.39, 0.29) is 18.3 Å². The number of halogens is 1. The maximum Gasteiger partial charge on any atom is 0.244 e. The molecule has 0 aromatic heterocycles. The van der Waals surface area contributed by atoms with Crippen LogP contribution in [0.15, 0.2) is 48.5 Å². The molecule has 0 spiro atoms. The van der Waals surface area contributed by atoms with E-state index in [1.165, 1.54) is 18.2 Å². The number of hydrogen-bond acceptors (Lipinski definition) is 3. The van der Waals surface area contributed by atoms with E-state index >= 15 is 0 Å². The van der Waals surface area contributed by atoms with E-state index < -0.39 is 0 Å². The van der Waals surface area contributed by atoms with Crippen LogP contribution in [0.25, 0.3) is 6.08 Å². The Kier molecular flexibility index (Phi) is 6.37. The number of carbonyl (C=O) groups excluding carboxylic acids is 1. The molecule has 0 aliphatic carbocycles. The van der Waals surface area contributed by atoms with Gasteiger partial charge >= 0.3 is 0 Å². The van der Waals surface area contributed by atoms with Gasteiger partial charge in [0.1, 0.15) is 5.82 Å². The molecule has 0 bridgehead atoms. The standard InChI is InChI=1S/C19H20FNO3/c1-3-24-17-9-7-14(12-18(17)23-2)8-10-19(22)21-13-15-5-4-6-16(20)11-15/h4-12H,3,13H2,1-2H3,(H,21,22)/b10-8+. The molecule has 4 nitrogen and oxygen atoms in total. The molecule has 1 N–H and O–H groups in total. The summed E-state index contributed by atoms with van der Waals surface area (Å²) in [6, 6.07) is 11.5. The fourth-order valence-corrected chi connectivity index (χ4v) is 2.13. The molecule has 0 aliphatic rings. The number of carbonyl (C=O) groups is 1. The van der Waals surface area contributed by atoms with Crippen molar-refractivity contribution in [2.45, 2.75) is 13.5 Å². The Morgan fingerprint density at radius 1 is 1.21 bits per heavy atom. The maximum absolute atomic E-state index is 13.1. The molecule has 0 unspecified atom stereocenters. The minimum Gasteiger partial charge on any atom is -0.493 e. The van der Waals surface area contributed by atoms with Gasteiger partial charge < -0.3 is 14.8 Å². The molecule has 0 aliphatic heterocycles. The molecule has 0 saturated carbocycles. The van der Waals surface area contributed by atoms with Gasteiger partial charge in [0.2, 0.25) is 5.91 Å². The molecular weight excluding hydrogens is 309 g/mol. The van der Waals surface area contributed by atoms with Crippen molar-refractivity contribution in [3.05, 3.63) is 65.5 Å². The molecule has 1 amide bonds. The Bertz CT molecular complexity index is 728. The summed E-state index contributed by atoms with van der Waals surface area (Å²) in [5, 5.41) is 2.71. The van der Waals surface area contributed by atoms with Crippen LogP contribution in [0.1, 0.15) is 18.1 Å². The van der Waals surface area contributed by atoms with Crippen LogP contribution in [0.2, 0.25) is 0 Å². The van der Waals surface area contributed by atoms with E-state index in [0.29, 0.717) is 23.7 Å². The summed E-state index contributed by atoms with van der Waals surface area (Å²) in [6.07, 6.45) is 3.10. The molecule has 0 fully saturated rings. The van der Waals surface area contributed by atoms with Crippen LogP contribution in [0.3, 0.4) is 0 Å². The van der Waals surface area contributed by atoms with E-state index in [1.807, 2.05) is 13.0 Å². The lowest BCUT2D eigenvalue weighted by Gasteiger charge is -2.09. The Labute approximate surface area is 140 Å². The van der Waals surface area contributed by atoms with Crippen molar-refractivity contribution in [3.63, 3.8) is 0 Å². The fourth-order valence-electron chi connectivity index (χ4n) is 2.13. The molecule has 2 aromatic carbocycles. The van der Waals surface area contributed by atoms with Crippen LogP contribution in [-0.4, -0.2) is 19.6 Å². The van der Waals surface area contributed by atoms with Gasteiger partial charge in [-0.3, -0.25) is 4.79 Å². The molecule has 126 valence electrons. The SMILES string of the molecule is CCOc1ccc(/C=C/C(=O)NCc2cccc(F)c2)cc1OC. The van der Waals surface area contributed by atoms with Gasteiger partial charge in [-0.1, -0.05) is 18.2 Å². The van der Waals surface area contributed by atoms with Crippen molar-refractivity contribution in [2.75, 3.05) is 13.7 Å². The third kappa shape index (κ3) is 5.12. The van der Waals surface area contributed by atoms with Gasteiger partial charge in [0.25, 0.3) is 0 Å². The Hall–Kier alpha value is -2.82. The first-order chi connectivity index (χ1) is 11.6. The monoisotopic (exact) mass is 329 g/mol. The van der Waals surface area contributed by atoms with Gasteiger partial charge in [0.05, 0.1) is 13.7 Å². The van der Waals surface area contributed by atoms with Crippen LogP contribution in [0, 0.1) is 5.82 Å².